The van der Waals surface area contributed by atoms with Crippen LogP contribution < -0.4 is 14.2 Å². The Bertz CT molecular complexity index is 762. The van der Waals surface area contributed by atoms with E-state index in [9.17, 15) is 19.3 Å². The molecule has 7 nitrogen and oxygen atoms in total. The van der Waals surface area contributed by atoms with Gasteiger partial charge in [0.1, 0.15) is 22.9 Å². The molecule has 0 bridgehead atoms. The van der Waals surface area contributed by atoms with Crippen LogP contribution >= 0.6 is 0 Å². The van der Waals surface area contributed by atoms with Gasteiger partial charge in [0, 0.05) is 18.2 Å². The van der Waals surface area contributed by atoms with Gasteiger partial charge in [0.2, 0.25) is 5.75 Å². The average molecular weight is 321 g/mol. The summed E-state index contributed by atoms with van der Waals surface area (Å²) >= 11 is 0. The number of ether oxygens (including phenoxy) is 3. The maximum Gasteiger partial charge on any atom is 0.347 e. The smallest absolute Gasteiger partial charge is 0.347 e. The molecule has 2 aromatic carbocycles. The van der Waals surface area contributed by atoms with E-state index >= 15 is 0 Å². The molecule has 2 rings (SSSR count). The first-order valence-electron chi connectivity index (χ1n) is 6.34. The number of methoxy groups -OCH3 is 2. The van der Waals surface area contributed by atoms with Gasteiger partial charge in [-0.2, -0.15) is 0 Å². The highest BCUT2D eigenvalue weighted by molar-refractivity contribution is 5.94. The van der Waals surface area contributed by atoms with Crippen LogP contribution in [0.3, 0.4) is 0 Å². The quantitative estimate of drug-likeness (QED) is 0.364. The van der Waals surface area contributed by atoms with Gasteiger partial charge >= 0.3 is 11.7 Å². The van der Waals surface area contributed by atoms with Crippen molar-refractivity contribution >= 4 is 11.7 Å². The number of carbonyl (C=O) groups excluding carboxylic acids is 1. The standard InChI is InChI=1S/C15H12FNO6/c1-21-10-4-5-11(13(8-10)22-2)15(18)23-14-7-9(16)3-6-12(14)17(19)20/h3-8H,1-2H3. The third kappa shape index (κ3) is 3.54. The van der Waals surface area contributed by atoms with Gasteiger partial charge in [0.05, 0.1) is 19.1 Å². The van der Waals surface area contributed by atoms with Crippen molar-refractivity contribution in [2.24, 2.45) is 0 Å². The zero-order valence-electron chi connectivity index (χ0n) is 12.2. The highest BCUT2D eigenvalue weighted by Gasteiger charge is 2.22. The fourth-order valence-corrected chi connectivity index (χ4v) is 1.84. The Morgan fingerprint density at radius 3 is 2.43 bits per heavy atom. The monoisotopic (exact) mass is 321 g/mol. The van der Waals surface area contributed by atoms with E-state index in [1.165, 1.54) is 32.4 Å². The molecule has 0 aliphatic carbocycles. The first-order valence-corrected chi connectivity index (χ1v) is 6.34. The second kappa shape index (κ2) is 6.73. The number of esters is 1. The van der Waals surface area contributed by atoms with Gasteiger partial charge in [-0.1, -0.05) is 0 Å². The molecule has 0 atom stereocenters. The SMILES string of the molecule is COc1ccc(C(=O)Oc2cc(F)ccc2[N+](=O)[O-])c(OC)c1. The van der Waals surface area contributed by atoms with Crippen LogP contribution in [-0.4, -0.2) is 25.1 Å². The van der Waals surface area contributed by atoms with Crippen molar-refractivity contribution in [2.75, 3.05) is 14.2 Å². The molecular weight excluding hydrogens is 309 g/mol. The van der Waals surface area contributed by atoms with Gasteiger partial charge in [-0.15, -0.1) is 0 Å². The molecule has 120 valence electrons. The predicted molar refractivity (Wildman–Crippen MR) is 77.6 cm³/mol. The number of hydrogen-bond acceptors (Lipinski definition) is 6. The zero-order valence-corrected chi connectivity index (χ0v) is 12.2. The predicted octanol–water partition coefficient (Wildman–Crippen LogP) is 2.97. The van der Waals surface area contributed by atoms with Crippen LogP contribution in [0.1, 0.15) is 10.4 Å². The highest BCUT2D eigenvalue weighted by Crippen LogP contribution is 2.30. The van der Waals surface area contributed by atoms with E-state index in [0.717, 1.165) is 18.2 Å². The Morgan fingerprint density at radius 1 is 1.09 bits per heavy atom. The van der Waals surface area contributed by atoms with Gasteiger partial charge < -0.3 is 14.2 Å². The van der Waals surface area contributed by atoms with Crippen LogP contribution in [0, 0.1) is 15.9 Å². The number of nitrogens with zero attached hydrogens (tertiary/aromatic N) is 1. The van der Waals surface area contributed by atoms with E-state index in [4.69, 9.17) is 14.2 Å². The summed E-state index contributed by atoms with van der Waals surface area (Å²) < 4.78 is 28.3. The van der Waals surface area contributed by atoms with Crippen molar-refractivity contribution in [1.29, 1.82) is 0 Å². The van der Waals surface area contributed by atoms with Gasteiger partial charge in [-0.3, -0.25) is 10.1 Å². The Hall–Kier alpha value is -3.16. The van der Waals surface area contributed by atoms with E-state index in [2.05, 4.69) is 0 Å². The fourth-order valence-electron chi connectivity index (χ4n) is 1.84. The third-order valence-corrected chi connectivity index (χ3v) is 2.95. The Kier molecular flexibility index (Phi) is 4.75. The Balaban J connectivity index is 2.36. The van der Waals surface area contributed by atoms with Crippen molar-refractivity contribution in [3.05, 3.63) is 57.9 Å². The summed E-state index contributed by atoms with van der Waals surface area (Å²) in [4.78, 5) is 22.3. The van der Waals surface area contributed by atoms with Crippen LogP contribution in [-0.2, 0) is 0 Å². The summed E-state index contributed by atoms with van der Waals surface area (Å²) in [5, 5.41) is 10.9. The minimum absolute atomic E-state index is 0.0202. The molecule has 0 aromatic heterocycles. The minimum Gasteiger partial charge on any atom is -0.497 e. The van der Waals surface area contributed by atoms with Crippen LogP contribution in [0.25, 0.3) is 0 Å². The van der Waals surface area contributed by atoms with Crippen molar-refractivity contribution in [2.45, 2.75) is 0 Å². The van der Waals surface area contributed by atoms with E-state index < -0.39 is 28.1 Å². The molecule has 0 fully saturated rings. The van der Waals surface area contributed by atoms with Crippen molar-refractivity contribution in [3.63, 3.8) is 0 Å². The summed E-state index contributed by atoms with van der Waals surface area (Å²) in [5.74, 6) is -1.56. The highest BCUT2D eigenvalue weighted by atomic mass is 19.1. The number of benzene rings is 2. The molecular formula is C15H12FNO6. The molecule has 0 spiro atoms. The maximum absolute atomic E-state index is 13.3. The molecule has 23 heavy (non-hydrogen) atoms. The fraction of sp³-hybridized carbons (Fsp3) is 0.133. The zero-order chi connectivity index (χ0) is 17.0. The second-order valence-corrected chi connectivity index (χ2v) is 4.32. The summed E-state index contributed by atoms with van der Waals surface area (Å²) in [6.45, 7) is 0. The lowest BCUT2D eigenvalue weighted by Gasteiger charge is -2.10. The number of nitro groups is 1. The van der Waals surface area contributed by atoms with Crippen LogP contribution in [0.2, 0.25) is 0 Å². The lowest BCUT2D eigenvalue weighted by Crippen LogP contribution is -2.11. The normalized spacial score (nSPS) is 10.0. The number of rotatable bonds is 5. The van der Waals surface area contributed by atoms with Gasteiger partial charge in [0.25, 0.3) is 0 Å². The van der Waals surface area contributed by atoms with Crippen LogP contribution in [0.5, 0.6) is 17.2 Å². The number of halogens is 1. The van der Waals surface area contributed by atoms with Crippen LogP contribution in [0.4, 0.5) is 10.1 Å². The van der Waals surface area contributed by atoms with E-state index in [-0.39, 0.29) is 11.3 Å². The minimum atomic E-state index is -0.918. The van der Waals surface area contributed by atoms with E-state index in [1.54, 1.807) is 0 Å². The number of carbonyl (C=O) groups is 1. The molecule has 0 amide bonds. The number of nitro benzene ring substituents is 1. The second-order valence-electron chi connectivity index (χ2n) is 4.32. The molecule has 0 heterocycles. The molecule has 0 radical (unpaired) electrons. The first kappa shape index (κ1) is 16.2. The summed E-state index contributed by atoms with van der Waals surface area (Å²) in [6, 6.07) is 6.93. The lowest BCUT2D eigenvalue weighted by molar-refractivity contribution is -0.385. The van der Waals surface area contributed by atoms with Gasteiger partial charge in [-0.05, 0) is 18.2 Å². The molecule has 0 saturated heterocycles. The first-order chi connectivity index (χ1) is 11.0. The third-order valence-electron chi connectivity index (χ3n) is 2.95. The van der Waals surface area contributed by atoms with Gasteiger partial charge in [-0.25, -0.2) is 9.18 Å². The number of hydrogen-bond donors (Lipinski definition) is 0. The molecule has 8 heteroatoms. The van der Waals surface area contributed by atoms with E-state index in [1.807, 2.05) is 0 Å². The van der Waals surface area contributed by atoms with E-state index in [0.29, 0.717) is 5.75 Å². The largest absolute Gasteiger partial charge is 0.497 e. The topological polar surface area (TPSA) is 87.9 Å². The van der Waals surface area contributed by atoms with Gasteiger partial charge in [0.15, 0.2) is 0 Å². The Morgan fingerprint density at radius 2 is 1.83 bits per heavy atom. The maximum atomic E-state index is 13.3. The molecule has 0 aliphatic rings. The molecule has 0 aliphatic heterocycles. The summed E-state index contributed by atoms with van der Waals surface area (Å²) in [6.07, 6.45) is 0. The molecule has 2 aromatic rings. The lowest BCUT2D eigenvalue weighted by atomic mass is 10.2. The van der Waals surface area contributed by atoms with Crippen molar-refractivity contribution in [3.8, 4) is 17.2 Å². The summed E-state index contributed by atoms with van der Waals surface area (Å²) in [7, 11) is 2.79. The van der Waals surface area contributed by atoms with Crippen LogP contribution in [0.15, 0.2) is 36.4 Å². The molecule has 0 saturated carbocycles. The van der Waals surface area contributed by atoms with Crippen molar-refractivity contribution in [1.82, 2.24) is 0 Å². The average Bonchev–Trinajstić information content (AvgIpc) is 2.53. The van der Waals surface area contributed by atoms with Crippen molar-refractivity contribution < 1.29 is 28.3 Å². The molecule has 0 N–H and O–H groups in total. The molecule has 0 unspecified atom stereocenters. The summed E-state index contributed by atoms with van der Waals surface area (Å²) in [5.41, 5.74) is -0.501. The Labute approximate surface area is 130 Å².